The maximum Gasteiger partial charge on any atom is 0.329 e. The normalized spacial score (nSPS) is 10.5. The topological polar surface area (TPSA) is 118 Å². The number of para-hydroxylation sites is 3. The minimum atomic E-state index is -0.997. The molecule has 3 N–H and O–H groups in total. The minimum absolute atomic E-state index is 0.121. The molecule has 3 rings (SSSR count). The number of hydrogen-bond donors (Lipinski definition) is 3. The predicted octanol–water partition coefficient (Wildman–Crippen LogP) is 3.59. The van der Waals surface area contributed by atoms with Crippen LogP contribution in [-0.2, 0) is 14.4 Å². The maximum absolute atomic E-state index is 13.2. The number of halogens is 2. The van der Waals surface area contributed by atoms with E-state index in [0.29, 0.717) is 28.4 Å². The maximum atomic E-state index is 13.2. The molecule has 0 aromatic heterocycles. The monoisotopic (exact) mass is 498 g/mol. The van der Waals surface area contributed by atoms with E-state index in [0.717, 1.165) is 6.07 Å². The molecule has 0 saturated heterocycles. The van der Waals surface area contributed by atoms with Gasteiger partial charge in [0.15, 0.2) is 6.61 Å². The van der Waals surface area contributed by atoms with Crippen LogP contribution in [0.5, 0.6) is 11.5 Å². The Morgan fingerprint density at radius 3 is 2.43 bits per heavy atom. The first kappa shape index (κ1) is 25.2. The van der Waals surface area contributed by atoms with Crippen LogP contribution < -0.4 is 25.5 Å². The molecule has 11 heteroatoms. The molecule has 0 aliphatic rings. The van der Waals surface area contributed by atoms with Crippen LogP contribution in [0, 0.1) is 5.82 Å². The van der Waals surface area contributed by atoms with Crippen LogP contribution in [0.2, 0.25) is 5.02 Å². The van der Waals surface area contributed by atoms with Crippen molar-refractivity contribution in [1.29, 1.82) is 0 Å². The number of anilines is 2. The van der Waals surface area contributed by atoms with E-state index in [4.69, 9.17) is 21.1 Å². The summed E-state index contributed by atoms with van der Waals surface area (Å²) in [5.41, 5.74) is 3.21. The minimum Gasteiger partial charge on any atom is -0.495 e. The van der Waals surface area contributed by atoms with Crippen molar-refractivity contribution in [3.05, 3.63) is 83.1 Å². The van der Waals surface area contributed by atoms with Gasteiger partial charge in [-0.25, -0.2) is 9.82 Å². The number of nitrogens with zero attached hydrogens (tertiary/aromatic N) is 1. The number of hydrazone groups is 1. The van der Waals surface area contributed by atoms with Gasteiger partial charge >= 0.3 is 11.8 Å². The third kappa shape index (κ3) is 7.27. The van der Waals surface area contributed by atoms with E-state index in [2.05, 4.69) is 21.2 Å². The molecule has 0 fully saturated rings. The van der Waals surface area contributed by atoms with Crippen molar-refractivity contribution in [3.63, 3.8) is 0 Å². The van der Waals surface area contributed by atoms with E-state index < -0.39 is 23.5 Å². The lowest BCUT2D eigenvalue weighted by atomic mass is 10.2. The molecule has 3 aromatic rings. The van der Waals surface area contributed by atoms with Gasteiger partial charge in [0, 0.05) is 11.3 Å². The van der Waals surface area contributed by atoms with Gasteiger partial charge in [-0.15, -0.1) is 0 Å². The predicted molar refractivity (Wildman–Crippen MR) is 129 cm³/mol. The summed E-state index contributed by atoms with van der Waals surface area (Å²) in [5, 5.41) is 8.62. The average Bonchev–Trinajstić information content (AvgIpc) is 2.86. The second-order valence-electron chi connectivity index (χ2n) is 6.86. The number of rotatable bonds is 8. The fourth-order valence-corrected chi connectivity index (χ4v) is 2.95. The van der Waals surface area contributed by atoms with Gasteiger partial charge in [-0.3, -0.25) is 14.4 Å². The molecular weight excluding hydrogens is 479 g/mol. The summed E-state index contributed by atoms with van der Waals surface area (Å²) in [4.78, 5) is 36.3. The Hall–Kier alpha value is -4.44. The molecule has 0 unspecified atom stereocenters. The Labute approximate surface area is 204 Å². The Morgan fingerprint density at radius 1 is 0.971 bits per heavy atom. The van der Waals surface area contributed by atoms with Crippen molar-refractivity contribution >= 4 is 46.9 Å². The van der Waals surface area contributed by atoms with Crippen LogP contribution in [0.3, 0.4) is 0 Å². The lowest BCUT2D eigenvalue weighted by Gasteiger charge is -2.10. The molecule has 0 bridgehead atoms. The second kappa shape index (κ2) is 12.1. The van der Waals surface area contributed by atoms with E-state index >= 15 is 0 Å². The summed E-state index contributed by atoms with van der Waals surface area (Å²) in [6.07, 6.45) is 1.27. The summed E-state index contributed by atoms with van der Waals surface area (Å²) >= 11 is 5.70. The van der Waals surface area contributed by atoms with E-state index in [1.165, 1.54) is 25.5 Å². The molecule has 3 amide bonds. The van der Waals surface area contributed by atoms with E-state index in [1.54, 1.807) is 48.5 Å². The summed E-state index contributed by atoms with van der Waals surface area (Å²) in [6, 6.07) is 17.0. The van der Waals surface area contributed by atoms with Gasteiger partial charge in [-0.2, -0.15) is 5.10 Å². The fourth-order valence-electron chi connectivity index (χ4n) is 2.77. The van der Waals surface area contributed by atoms with E-state index in [9.17, 15) is 18.8 Å². The lowest BCUT2D eigenvalue weighted by Crippen LogP contribution is -2.32. The smallest absolute Gasteiger partial charge is 0.329 e. The van der Waals surface area contributed by atoms with Gasteiger partial charge in [-0.1, -0.05) is 35.9 Å². The molecule has 9 nitrogen and oxygen atoms in total. The molecule has 0 spiro atoms. The molecule has 0 aliphatic heterocycles. The number of nitrogens with one attached hydrogen (secondary N) is 3. The van der Waals surface area contributed by atoms with Crippen molar-refractivity contribution in [2.45, 2.75) is 0 Å². The second-order valence-corrected chi connectivity index (χ2v) is 7.26. The molecule has 0 saturated carbocycles. The van der Waals surface area contributed by atoms with Crippen molar-refractivity contribution < 1.29 is 28.2 Å². The zero-order valence-electron chi connectivity index (χ0n) is 18.4. The quantitative estimate of drug-likeness (QED) is 0.249. The van der Waals surface area contributed by atoms with E-state index in [1.807, 2.05) is 0 Å². The van der Waals surface area contributed by atoms with Crippen LogP contribution in [0.25, 0.3) is 0 Å². The molecular formula is C24H20ClFN4O5. The van der Waals surface area contributed by atoms with Crippen molar-refractivity contribution in [2.75, 3.05) is 24.4 Å². The first-order valence-corrected chi connectivity index (χ1v) is 10.5. The Balaban J connectivity index is 1.54. The highest BCUT2D eigenvalue weighted by atomic mass is 35.5. The third-order valence-electron chi connectivity index (χ3n) is 4.41. The van der Waals surface area contributed by atoms with Crippen LogP contribution in [-0.4, -0.2) is 37.7 Å². The molecule has 180 valence electrons. The van der Waals surface area contributed by atoms with Gasteiger partial charge in [0.05, 0.1) is 24.0 Å². The first-order chi connectivity index (χ1) is 16.9. The van der Waals surface area contributed by atoms with Crippen molar-refractivity contribution in [3.8, 4) is 11.5 Å². The highest BCUT2D eigenvalue weighted by molar-refractivity contribution is 6.39. The number of carbonyl (C=O) groups is 3. The van der Waals surface area contributed by atoms with Crippen molar-refractivity contribution in [2.24, 2.45) is 5.10 Å². The van der Waals surface area contributed by atoms with Crippen molar-refractivity contribution in [1.82, 2.24) is 5.43 Å². The lowest BCUT2D eigenvalue weighted by molar-refractivity contribution is -0.136. The van der Waals surface area contributed by atoms with Gasteiger partial charge in [0.1, 0.15) is 17.3 Å². The van der Waals surface area contributed by atoms with Gasteiger partial charge in [-0.05, 0) is 42.5 Å². The molecule has 0 radical (unpaired) electrons. The molecule has 35 heavy (non-hydrogen) atoms. The van der Waals surface area contributed by atoms with Gasteiger partial charge < -0.3 is 20.1 Å². The van der Waals surface area contributed by atoms with Crippen LogP contribution in [0.4, 0.5) is 15.8 Å². The number of carbonyl (C=O) groups excluding carboxylic acids is 3. The fraction of sp³-hybridized carbons (Fsp3) is 0.0833. The van der Waals surface area contributed by atoms with Crippen LogP contribution in [0.1, 0.15) is 5.56 Å². The Bertz CT molecular complexity index is 1270. The zero-order valence-corrected chi connectivity index (χ0v) is 19.1. The molecule has 3 aromatic carbocycles. The van der Waals surface area contributed by atoms with Gasteiger partial charge in [0.25, 0.3) is 5.91 Å². The van der Waals surface area contributed by atoms with E-state index in [-0.39, 0.29) is 11.6 Å². The largest absolute Gasteiger partial charge is 0.495 e. The Kier molecular flexibility index (Phi) is 8.74. The van der Waals surface area contributed by atoms with Gasteiger partial charge in [0.2, 0.25) is 0 Å². The SMILES string of the molecule is COc1ccccc1NC(=O)C(=O)N/N=C\c1ccccc1OCC(=O)Nc1ccc(F)c(Cl)c1. The van der Waals surface area contributed by atoms with Crippen LogP contribution in [0.15, 0.2) is 71.8 Å². The standard InChI is InChI=1S/C24H20ClFN4O5/c1-34-21-9-5-3-7-19(21)29-23(32)24(33)30-27-13-15-6-2-4-8-20(15)35-14-22(31)28-16-10-11-18(26)17(25)12-16/h2-13H,14H2,1H3,(H,28,31)(H,29,32)(H,30,33)/b27-13-. The summed E-state index contributed by atoms with van der Waals surface area (Å²) < 4.78 is 23.9. The summed E-state index contributed by atoms with van der Waals surface area (Å²) in [7, 11) is 1.44. The first-order valence-electron chi connectivity index (χ1n) is 10.1. The highest BCUT2D eigenvalue weighted by Crippen LogP contribution is 2.23. The number of benzene rings is 3. The number of methoxy groups -OCH3 is 1. The number of hydrogen-bond acceptors (Lipinski definition) is 6. The number of amides is 3. The molecule has 0 heterocycles. The zero-order chi connectivity index (χ0) is 25.2. The summed E-state index contributed by atoms with van der Waals surface area (Å²) in [5.74, 6) is -2.33. The highest BCUT2D eigenvalue weighted by Gasteiger charge is 2.15. The third-order valence-corrected chi connectivity index (χ3v) is 4.70. The molecule has 0 aliphatic carbocycles. The van der Waals surface area contributed by atoms with Crippen LogP contribution >= 0.6 is 11.6 Å². The number of ether oxygens (including phenoxy) is 2. The summed E-state index contributed by atoms with van der Waals surface area (Å²) in [6.45, 7) is -0.354. The Morgan fingerprint density at radius 2 is 1.69 bits per heavy atom. The molecule has 0 atom stereocenters. The average molecular weight is 499 g/mol.